The van der Waals surface area contributed by atoms with E-state index in [0.29, 0.717) is 6.42 Å². The lowest BCUT2D eigenvalue weighted by Gasteiger charge is -2.11. The van der Waals surface area contributed by atoms with Crippen molar-refractivity contribution in [3.8, 4) is 0 Å². The minimum atomic E-state index is -0.908. The van der Waals surface area contributed by atoms with Crippen molar-refractivity contribution in [3.05, 3.63) is 24.8 Å². The Morgan fingerprint density at radius 2 is 1.43 bits per heavy atom. The van der Waals surface area contributed by atoms with Crippen LogP contribution in [0.25, 0.3) is 0 Å². The summed E-state index contributed by atoms with van der Waals surface area (Å²) >= 11 is 0. The molecule has 0 amide bonds. The first-order valence-electron chi connectivity index (χ1n) is 11.3. The molecule has 4 nitrogen and oxygen atoms in total. The van der Waals surface area contributed by atoms with Gasteiger partial charge in [0.15, 0.2) is 0 Å². The van der Waals surface area contributed by atoms with Crippen LogP contribution < -0.4 is 0 Å². The van der Waals surface area contributed by atoms with Crippen molar-refractivity contribution in [1.29, 1.82) is 0 Å². The van der Waals surface area contributed by atoms with Crippen molar-refractivity contribution >= 4 is 11.9 Å². The second-order valence-electron chi connectivity index (χ2n) is 7.58. The highest BCUT2D eigenvalue weighted by atomic mass is 16.5. The summed E-state index contributed by atoms with van der Waals surface area (Å²) in [7, 11) is 0. The van der Waals surface area contributed by atoms with Crippen molar-refractivity contribution in [3.63, 3.8) is 0 Å². The van der Waals surface area contributed by atoms with Crippen molar-refractivity contribution in [2.45, 2.75) is 103 Å². The topological polar surface area (TPSA) is 63.6 Å². The predicted molar refractivity (Wildman–Crippen MR) is 116 cm³/mol. The Bertz CT molecular complexity index is 428. The van der Waals surface area contributed by atoms with Gasteiger partial charge in [-0.05, 0) is 32.1 Å². The number of carboxylic acid groups (broad SMARTS) is 1. The molecule has 0 saturated heterocycles. The van der Waals surface area contributed by atoms with Gasteiger partial charge in [-0.25, -0.2) is 0 Å². The van der Waals surface area contributed by atoms with Crippen LogP contribution in [0.1, 0.15) is 103 Å². The highest BCUT2D eigenvalue weighted by molar-refractivity contribution is 5.78. The number of carboxylic acids is 1. The van der Waals surface area contributed by atoms with E-state index in [1.54, 1.807) is 0 Å². The second-order valence-corrected chi connectivity index (χ2v) is 7.58. The quantitative estimate of drug-likeness (QED) is 0.139. The van der Waals surface area contributed by atoms with E-state index in [1.165, 1.54) is 70.3 Å². The Morgan fingerprint density at radius 1 is 0.893 bits per heavy atom. The largest absolute Gasteiger partial charge is 0.481 e. The average Bonchev–Trinajstić information content (AvgIpc) is 2.68. The van der Waals surface area contributed by atoms with Gasteiger partial charge < -0.3 is 9.84 Å². The van der Waals surface area contributed by atoms with Crippen LogP contribution in [0.5, 0.6) is 0 Å². The van der Waals surface area contributed by atoms with Crippen LogP contribution in [0, 0.1) is 5.92 Å². The van der Waals surface area contributed by atoms with Crippen molar-refractivity contribution in [2.24, 2.45) is 5.92 Å². The number of allylic oxidation sites excluding steroid dienone is 2. The van der Waals surface area contributed by atoms with Gasteiger partial charge >= 0.3 is 11.9 Å². The Morgan fingerprint density at radius 3 is 1.96 bits per heavy atom. The number of carbonyl (C=O) groups is 2. The molecule has 1 atom stereocenters. The van der Waals surface area contributed by atoms with Gasteiger partial charge in [-0.2, -0.15) is 0 Å². The van der Waals surface area contributed by atoms with E-state index in [9.17, 15) is 14.7 Å². The second kappa shape index (κ2) is 20.2. The van der Waals surface area contributed by atoms with Crippen molar-refractivity contribution in [1.82, 2.24) is 0 Å². The zero-order valence-electron chi connectivity index (χ0n) is 18.0. The number of rotatable bonds is 20. The third-order valence-corrected chi connectivity index (χ3v) is 4.94. The van der Waals surface area contributed by atoms with Crippen LogP contribution in [-0.2, 0) is 14.3 Å². The molecule has 0 saturated carbocycles. The maximum Gasteiger partial charge on any atom is 0.307 e. The molecule has 4 heteroatoms. The van der Waals surface area contributed by atoms with Gasteiger partial charge in [-0.3, -0.25) is 9.59 Å². The van der Waals surface area contributed by atoms with Crippen LogP contribution in [0.2, 0.25) is 0 Å². The molecule has 28 heavy (non-hydrogen) atoms. The molecule has 0 radical (unpaired) electrons. The first-order chi connectivity index (χ1) is 13.6. The predicted octanol–water partition coefficient (Wildman–Crippen LogP) is 6.84. The molecule has 0 aromatic heterocycles. The lowest BCUT2D eigenvalue weighted by molar-refractivity contribution is -0.151. The summed E-state index contributed by atoms with van der Waals surface area (Å²) in [5.41, 5.74) is 0. The molecule has 0 fully saturated rings. The fourth-order valence-electron chi connectivity index (χ4n) is 3.19. The van der Waals surface area contributed by atoms with Crippen molar-refractivity contribution in [2.75, 3.05) is 6.61 Å². The fourth-order valence-corrected chi connectivity index (χ4v) is 3.19. The number of esters is 1. The Hall–Kier alpha value is -1.58. The van der Waals surface area contributed by atoms with Gasteiger partial charge in [-0.1, -0.05) is 89.5 Å². The maximum absolute atomic E-state index is 11.5. The zero-order valence-corrected chi connectivity index (χ0v) is 18.0. The van der Waals surface area contributed by atoms with Crippen LogP contribution in [0.3, 0.4) is 0 Å². The van der Waals surface area contributed by atoms with E-state index < -0.39 is 17.9 Å². The molecule has 0 aromatic rings. The molecule has 0 heterocycles. The first-order valence-corrected chi connectivity index (χ1v) is 11.3. The Labute approximate surface area is 172 Å². The highest BCUT2D eigenvalue weighted by Gasteiger charge is 2.21. The van der Waals surface area contributed by atoms with Crippen LogP contribution in [0.15, 0.2) is 24.8 Å². The molecule has 0 bridgehead atoms. The molecule has 1 unspecified atom stereocenters. The molecule has 0 rings (SSSR count). The monoisotopic (exact) mass is 394 g/mol. The molecule has 0 spiro atoms. The van der Waals surface area contributed by atoms with Gasteiger partial charge in [0.1, 0.15) is 6.61 Å². The maximum atomic E-state index is 11.5. The smallest absolute Gasteiger partial charge is 0.307 e. The van der Waals surface area contributed by atoms with E-state index in [1.807, 2.05) is 0 Å². The third kappa shape index (κ3) is 17.8. The molecule has 162 valence electrons. The van der Waals surface area contributed by atoms with Gasteiger partial charge in [0, 0.05) is 0 Å². The lowest BCUT2D eigenvalue weighted by Crippen LogP contribution is -2.19. The number of hydrogen-bond acceptors (Lipinski definition) is 3. The average molecular weight is 395 g/mol. The Kier molecular flexibility index (Phi) is 19.0. The van der Waals surface area contributed by atoms with Crippen LogP contribution in [0.4, 0.5) is 0 Å². The minimum Gasteiger partial charge on any atom is -0.481 e. The number of carbonyl (C=O) groups excluding carboxylic acids is 1. The summed E-state index contributed by atoms with van der Waals surface area (Å²) in [6.45, 7) is 5.85. The molecular weight excluding hydrogens is 352 g/mol. The number of unbranched alkanes of at least 4 members (excludes halogenated alkanes) is 11. The summed E-state index contributed by atoms with van der Waals surface area (Å²) in [6, 6.07) is 0. The summed E-state index contributed by atoms with van der Waals surface area (Å²) in [5, 5.41) is 9.23. The van der Waals surface area contributed by atoms with Gasteiger partial charge in [0.25, 0.3) is 0 Å². The van der Waals surface area contributed by atoms with Gasteiger partial charge in [-0.15, -0.1) is 0 Å². The highest BCUT2D eigenvalue weighted by Crippen LogP contribution is 2.17. The normalized spacial score (nSPS) is 12.2. The van der Waals surface area contributed by atoms with E-state index in [0.717, 1.165) is 19.3 Å². The summed E-state index contributed by atoms with van der Waals surface area (Å²) in [6.07, 6.45) is 22.4. The summed E-state index contributed by atoms with van der Waals surface area (Å²) in [5.74, 6) is -2.00. The van der Waals surface area contributed by atoms with E-state index >= 15 is 0 Å². The lowest BCUT2D eigenvalue weighted by atomic mass is 9.97. The molecular formula is C24H42O4. The van der Waals surface area contributed by atoms with E-state index in [2.05, 4.69) is 25.7 Å². The first kappa shape index (κ1) is 26.4. The summed E-state index contributed by atoms with van der Waals surface area (Å²) < 4.78 is 4.88. The number of hydrogen-bond donors (Lipinski definition) is 1. The molecule has 0 aliphatic rings. The molecule has 0 aromatic carbocycles. The standard InChI is InChI=1S/C24H42O4/c1-3-5-6-7-8-9-10-11-12-13-14-15-16-17-18-19-22(24(26)27)21-23(25)28-20-4-2/h4,9-10,22H,2-3,5-8,11-21H2,1H3,(H,26,27)/b10-9+. The molecule has 0 aliphatic carbocycles. The SMILES string of the molecule is C=CCOC(=O)CC(CCCCCCCCC/C=C/CCCCCC)C(=O)O. The zero-order chi connectivity index (χ0) is 20.9. The van der Waals surface area contributed by atoms with Crippen LogP contribution >= 0.6 is 0 Å². The number of aliphatic carboxylic acids is 1. The number of ether oxygens (including phenoxy) is 1. The van der Waals surface area contributed by atoms with E-state index in [4.69, 9.17) is 4.74 Å². The fraction of sp³-hybridized carbons (Fsp3) is 0.750. The van der Waals surface area contributed by atoms with E-state index in [-0.39, 0.29) is 13.0 Å². The summed E-state index contributed by atoms with van der Waals surface area (Å²) in [4.78, 5) is 22.8. The molecule has 0 aliphatic heterocycles. The minimum absolute atomic E-state index is 0.0463. The van der Waals surface area contributed by atoms with Gasteiger partial charge in [0.05, 0.1) is 12.3 Å². The third-order valence-electron chi connectivity index (χ3n) is 4.94. The van der Waals surface area contributed by atoms with Crippen molar-refractivity contribution < 1.29 is 19.4 Å². The molecule has 1 N–H and O–H groups in total. The van der Waals surface area contributed by atoms with Crippen LogP contribution in [-0.4, -0.2) is 23.7 Å². The Balaban J connectivity index is 3.53. The van der Waals surface area contributed by atoms with Gasteiger partial charge in [0.2, 0.25) is 0 Å².